The number of amides is 2. The van der Waals surface area contributed by atoms with Gasteiger partial charge in [-0.1, -0.05) is 6.07 Å². The summed E-state index contributed by atoms with van der Waals surface area (Å²) in [5.74, 6) is 0.00968. The summed E-state index contributed by atoms with van der Waals surface area (Å²) >= 11 is 1.58. The highest BCUT2D eigenvalue weighted by Gasteiger charge is 2.14. The molecule has 26 heavy (non-hydrogen) atoms. The Hall–Kier alpha value is -2.54. The molecule has 138 valence electrons. The minimum atomic E-state index is -0.232. The Morgan fingerprint density at radius 2 is 1.81 bits per heavy atom. The summed E-state index contributed by atoms with van der Waals surface area (Å²) in [6.07, 6.45) is 2.11. The summed E-state index contributed by atoms with van der Waals surface area (Å²) in [6, 6.07) is 5.45. The van der Waals surface area contributed by atoms with E-state index in [4.69, 9.17) is 0 Å². The summed E-state index contributed by atoms with van der Waals surface area (Å²) in [5.41, 5.74) is 1.71. The Morgan fingerprint density at radius 1 is 1.04 bits per heavy atom. The van der Waals surface area contributed by atoms with Crippen LogP contribution >= 0.6 is 11.3 Å². The van der Waals surface area contributed by atoms with Crippen LogP contribution < -0.4 is 10.6 Å². The van der Waals surface area contributed by atoms with E-state index in [2.05, 4.69) is 15.6 Å². The highest BCUT2D eigenvalue weighted by atomic mass is 32.1. The first-order valence-corrected chi connectivity index (χ1v) is 9.26. The van der Waals surface area contributed by atoms with Gasteiger partial charge >= 0.3 is 0 Å². The SMILES string of the molecule is Cc1ccc(NC(=O)CCNC(=O)CCC(=O)c2cc(C)sc2C)nc1. The number of carbonyl (C=O) groups excluding carboxylic acids is 3. The quantitative estimate of drug-likeness (QED) is 0.696. The molecule has 2 heterocycles. The molecule has 0 spiro atoms. The van der Waals surface area contributed by atoms with E-state index >= 15 is 0 Å². The third-order valence-electron chi connectivity index (χ3n) is 3.77. The van der Waals surface area contributed by atoms with E-state index in [1.165, 1.54) is 0 Å². The number of nitrogens with zero attached hydrogens (tertiary/aromatic N) is 1. The maximum absolute atomic E-state index is 12.1. The van der Waals surface area contributed by atoms with Crippen LogP contribution in [0.25, 0.3) is 0 Å². The van der Waals surface area contributed by atoms with Gasteiger partial charge < -0.3 is 10.6 Å². The number of aryl methyl sites for hydroxylation is 3. The average molecular weight is 373 g/mol. The first-order valence-electron chi connectivity index (χ1n) is 8.44. The van der Waals surface area contributed by atoms with Crippen molar-refractivity contribution in [2.75, 3.05) is 11.9 Å². The van der Waals surface area contributed by atoms with Crippen molar-refractivity contribution in [2.24, 2.45) is 0 Å². The first-order chi connectivity index (χ1) is 12.3. The number of pyridine rings is 1. The number of hydrogen-bond donors (Lipinski definition) is 2. The van der Waals surface area contributed by atoms with Crippen molar-refractivity contribution < 1.29 is 14.4 Å². The molecule has 2 aromatic heterocycles. The maximum atomic E-state index is 12.1. The molecule has 0 radical (unpaired) electrons. The number of aromatic nitrogens is 1. The monoisotopic (exact) mass is 373 g/mol. The average Bonchev–Trinajstić information content (AvgIpc) is 2.93. The smallest absolute Gasteiger partial charge is 0.227 e. The zero-order valence-corrected chi connectivity index (χ0v) is 16.0. The molecule has 0 fully saturated rings. The molecule has 0 atom stereocenters. The fourth-order valence-corrected chi connectivity index (χ4v) is 3.36. The highest BCUT2D eigenvalue weighted by Crippen LogP contribution is 2.22. The van der Waals surface area contributed by atoms with Crippen LogP contribution in [-0.4, -0.2) is 29.1 Å². The lowest BCUT2D eigenvalue weighted by Crippen LogP contribution is -2.28. The van der Waals surface area contributed by atoms with Gasteiger partial charge in [0.05, 0.1) is 0 Å². The van der Waals surface area contributed by atoms with Crippen molar-refractivity contribution >= 4 is 34.8 Å². The molecule has 2 N–H and O–H groups in total. The van der Waals surface area contributed by atoms with Gasteiger partial charge in [-0.3, -0.25) is 14.4 Å². The number of nitrogens with one attached hydrogen (secondary N) is 2. The van der Waals surface area contributed by atoms with Crippen LogP contribution in [0, 0.1) is 20.8 Å². The summed E-state index contributed by atoms with van der Waals surface area (Å²) in [5, 5.41) is 5.33. The molecule has 0 aliphatic carbocycles. The van der Waals surface area contributed by atoms with Gasteiger partial charge in [-0.2, -0.15) is 0 Å². The Bertz CT molecular complexity index is 797. The number of ketones is 1. The number of thiophene rings is 1. The molecule has 2 aromatic rings. The normalized spacial score (nSPS) is 10.4. The standard InChI is InChI=1S/C19H23N3O3S/c1-12-4-6-17(21-11-12)22-19(25)8-9-20-18(24)7-5-16(23)15-10-13(2)26-14(15)3/h4,6,10-11H,5,7-9H2,1-3H3,(H,20,24)(H,21,22,25). The molecule has 6 nitrogen and oxygen atoms in total. The van der Waals surface area contributed by atoms with Gasteiger partial charge in [-0.25, -0.2) is 4.98 Å². The van der Waals surface area contributed by atoms with Crippen molar-refractivity contribution in [2.45, 2.75) is 40.0 Å². The van der Waals surface area contributed by atoms with Crippen LogP contribution in [0.15, 0.2) is 24.4 Å². The van der Waals surface area contributed by atoms with E-state index < -0.39 is 0 Å². The summed E-state index contributed by atoms with van der Waals surface area (Å²) in [6.45, 7) is 6.01. The predicted molar refractivity (Wildman–Crippen MR) is 103 cm³/mol. The number of carbonyl (C=O) groups is 3. The van der Waals surface area contributed by atoms with E-state index in [9.17, 15) is 14.4 Å². The van der Waals surface area contributed by atoms with Crippen molar-refractivity contribution in [3.05, 3.63) is 45.3 Å². The zero-order chi connectivity index (χ0) is 19.1. The van der Waals surface area contributed by atoms with E-state index in [0.29, 0.717) is 11.4 Å². The largest absolute Gasteiger partial charge is 0.356 e. The number of Topliss-reactive ketones (excluding diaryl/α,β-unsaturated/α-hetero) is 1. The summed E-state index contributed by atoms with van der Waals surface area (Å²) < 4.78 is 0. The predicted octanol–water partition coefficient (Wildman–Crippen LogP) is 3.18. The third-order valence-corrected chi connectivity index (χ3v) is 4.74. The van der Waals surface area contributed by atoms with Crippen molar-refractivity contribution in [1.82, 2.24) is 10.3 Å². The van der Waals surface area contributed by atoms with Gasteiger partial charge in [0.1, 0.15) is 5.82 Å². The van der Waals surface area contributed by atoms with Crippen molar-refractivity contribution in [1.29, 1.82) is 0 Å². The second-order valence-corrected chi connectivity index (χ2v) is 7.58. The molecular weight excluding hydrogens is 350 g/mol. The van der Waals surface area contributed by atoms with E-state index in [-0.39, 0.29) is 43.4 Å². The minimum Gasteiger partial charge on any atom is -0.356 e. The molecular formula is C19H23N3O3S. The van der Waals surface area contributed by atoms with E-state index in [1.807, 2.05) is 32.9 Å². The maximum Gasteiger partial charge on any atom is 0.227 e. The van der Waals surface area contributed by atoms with Gasteiger partial charge in [-0.15, -0.1) is 11.3 Å². The third kappa shape index (κ3) is 6.07. The van der Waals surface area contributed by atoms with Gasteiger partial charge in [0, 0.05) is 47.3 Å². The molecule has 0 saturated carbocycles. The molecule has 0 unspecified atom stereocenters. The van der Waals surface area contributed by atoms with Crippen molar-refractivity contribution in [3.8, 4) is 0 Å². The molecule has 0 aromatic carbocycles. The lowest BCUT2D eigenvalue weighted by atomic mass is 10.1. The van der Waals surface area contributed by atoms with Crippen LogP contribution in [0.2, 0.25) is 0 Å². The van der Waals surface area contributed by atoms with Gasteiger partial charge in [0.25, 0.3) is 0 Å². The second kappa shape index (κ2) is 9.24. The zero-order valence-electron chi connectivity index (χ0n) is 15.2. The highest BCUT2D eigenvalue weighted by molar-refractivity contribution is 7.12. The minimum absolute atomic E-state index is 0.0230. The summed E-state index contributed by atoms with van der Waals surface area (Å²) in [7, 11) is 0. The molecule has 0 aliphatic rings. The first kappa shape index (κ1) is 19.8. The van der Waals surface area contributed by atoms with E-state index in [0.717, 1.165) is 15.3 Å². The number of anilines is 1. The van der Waals surface area contributed by atoms with Crippen LogP contribution in [0.3, 0.4) is 0 Å². The molecule has 0 bridgehead atoms. The lowest BCUT2D eigenvalue weighted by Gasteiger charge is -2.06. The Labute approximate surface area is 157 Å². The number of hydrogen-bond acceptors (Lipinski definition) is 5. The van der Waals surface area contributed by atoms with Crippen LogP contribution in [0.4, 0.5) is 5.82 Å². The second-order valence-electron chi connectivity index (χ2n) is 6.12. The van der Waals surface area contributed by atoms with Gasteiger partial charge in [-0.05, 0) is 38.5 Å². The van der Waals surface area contributed by atoms with Gasteiger partial charge in [0.2, 0.25) is 11.8 Å². The van der Waals surface area contributed by atoms with Crippen LogP contribution in [0.1, 0.15) is 44.9 Å². The molecule has 7 heteroatoms. The Kier molecular flexibility index (Phi) is 7.03. The molecule has 0 saturated heterocycles. The molecule has 2 amide bonds. The molecule has 0 aliphatic heterocycles. The summed E-state index contributed by atoms with van der Waals surface area (Å²) in [4.78, 5) is 42.0. The Balaban J connectivity index is 1.67. The fraction of sp³-hybridized carbons (Fsp3) is 0.368. The van der Waals surface area contributed by atoms with Gasteiger partial charge in [0.15, 0.2) is 5.78 Å². The topological polar surface area (TPSA) is 88.2 Å². The fourth-order valence-electron chi connectivity index (χ4n) is 2.42. The molecule has 2 rings (SSSR count). The Morgan fingerprint density at radius 3 is 2.42 bits per heavy atom. The number of rotatable bonds is 8. The van der Waals surface area contributed by atoms with E-state index in [1.54, 1.807) is 23.6 Å². The lowest BCUT2D eigenvalue weighted by molar-refractivity contribution is -0.121. The van der Waals surface area contributed by atoms with Crippen LogP contribution in [0.5, 0.6) is 0 Å². The van der Waals surface area contributed by atoms with Crippen molar-refractivity contribution in [3.63, 3.8) is 0 Å². The van der Waals surface area contributed by atoms with Crippen LogP contribution in [-0.2, 0) is 9.59 Å².